The Morgan fingerprint density at radius 1 is 1.29 bits per heavy atom. The number of aliphatic hydroxyl groups excluding tert-OH is 1. The summed E-state index contributed by atoms with van der Waals surface area (Å²) >= 11 is 6.09. The average Bonchev–Trinajstić information content (AvgIpc) is 3.32. The first kappa shape index (κ1) is 23.4. The Kier molecular flexibility index (Phi) is 6.11. The van der Waals surface area contributed by atoms with Crippen LogP contribution in [0.3, 0.4) is 0 Å². The first-order chi connectivity index (χ1) is 16.1. The highest BCUT2D eigenvalue weighted by atomic mass is 35.5. The Balaban J connectivity index is 1.51. The molecule has 3 aromatic rings. The molecule has 0 fully saturated rings. The predicted octanol–water partition coefficient (Wildman–Crippen LogP) is 1.77. The van der Waals surface area contributed by atoms with Gasteiger partial charge in [0.2, 0.25) is 5.88 Å². The van der Waals surface area contributed by atoms with Crippen molar-refractivity contribution >= 4 is 40.8 Å². The molecule has 2 amide bonds. The number of rotatable bonds is 6. The Labute approximate surface area is 199 Å². The molecule has 0 saturated carbocycles. The van der Waals surface area contributed by atoms with Gasteiger partial charge in [0, 0.05) is 41.3 Å². The molecular formula is C23H24ClN5O5. The van der Waals surface area contributed by atoms with Gasteiger partial charge in [-0.1, -0.05) is 11.6 Å². The van der Waals surface area contributed by atoms with Gasteiger partial charge in [-0.05, 0) is 43.7 Å². The Morgan fingerprint density at radius 3 is 2.71 bits per heavy atom. The number of aryl methyl sites for hydroxylation is 2. The van der Waals surface area contributed by atoms with E-state index in [-0.39, 0.29) is 24.9 Å². The number of aromatic hydroxyl groups is 1. The second-order valence-electron chi connectivity index (χ2n) is 8.22. The van der Waals surface area contributed by atoms with Gasteiger partial charge >= 0.3 is 5.69 Å². The highest BCUT2D eigenvalue weighted by molar-refractivity contribution is 6.36. The molecule has 0 saturated heterocycles. The number of anilines is 1. The van der Waals surface area contributed by atoms with Gasteiger partial charge in [0.25, 0.3) is 11.8 Å². The van der Waals surface area contributed by atoms with Crippen LogP contribution in [0.25, 0.3) is 11.6 Å². The summed E-state index contributed by atoms with van der Waals surface area (Å²) in [4.78, 5) is 40.4. The number of carbonyl (C=O) groups excluding carboxylic acids is 2. The van der Waals surface area contributed by atoms with Gasteiger partial charge in [0.05, 0.1) is 30.0 Å². The molecule has 3 heterocycles. The topological polar surface area (TPSA) is 141 Å². The molecular weight excluding hydrogens is 462 g/mol. The van der Waals surface area contributed by atoms with Gasteiger partial charge in [-0.15, -0.1) is 0 Å². The molecule has 0 bridgehead atoms. The van der Waals surface area contributed by atoms with Crippen molar-refractivity contribution < 1.29 is 19.8 Å². The van der Waals surface area contributed by atoms with Gasteiger partial charge in [-0.3, -0.25) is 18.7 Å². The molecule has 178 valence electrons. The highest BCUT2D eigenvalue weighted by Crippen LogP contribution is 2.35. The van der Waals surface area contributed by atoms with E-state index in [2.05, 4.69) is 15.6 Å². The number of hydrogen-bond donors (Lipinski definition) is 5. The van der Waals surface area contributed by atoms with Crippen molar-refractivity contribution in [2.75, 3.05) is 11.9 Å². The molecule has 0 radical (unpaired) electrons. The van der Waals surface area contributed by atoms with E-state index in [0.717, 1.165) is 4.57 Å². The molecule has 10 nitrogen and oxygen atoms in total. The van der Waals surface area contributed by atoms with Crippen molar-refractivity contribution in [3.8, 4) is 5.88 Å². The maximum Gasteiger partial charge on any atom is 0.330 e. The largest absolute Gasteiger partial charge is 0.493 e. The molecule has 2 aromatic heterocycles. The summed E-state index contributed by atoms with van der Waals surface area (Å²) in [6.45, 7) is 3.19. The van der Waals surface area contributed by atoms with Crippen molar-refractivity contribution in [3.05, 3.63) is 68.0 Å². The summed E-state index contributed by atoms with van der Waals surface area (Å²) in [5.74, 6) is -0.956. The maximum atomic E-state index is 12.9. The molecule has 5 N–H and O–H groups in total. The fourth-order valence-electron chi connectivity index (χ4n) is 4.04. The Morgan fingerprint density at radius 2 is 2.03 bits per heavy atom. The number of imidazole rings is 1. The first-order valence-electron chi connectivity index (χ1n) is 10.5. The van der Waals surface area contributed by atoms with Gasteiger partial charge in [-0.25, -0.2) is 4.79 Å². The second kappa shape index (κ2) is 8.88. The molecule has 1 unspecified atom stereocenters. The molecule has 1 aromatic carbocycles. The number of aromatic amines is 1. The lowest BCUT2D eigenvalue weighted by molar-refractivity contribution is -0.110. The molecule has 1 aliphatic heterocycles. The lowest BCUT2D eigenvalue weighted by atomic mass is 10.0. The van der Waals surface area contributed by atoms with Gasteiger partial charge in [-0.2, -0.15) is 0 Å². The third-order valence-corrected chi connectivity index (χ3v) is 6.00. The smallest absolute Gasteiger partial charge is 0.330 e. The van der Waals surface area contributed by atoms with E-state index in [1.165, 1.54) is 17.8 Å². The second-order valence-corrected chi connectivity index (χ2v) is 8.66. The Hall–Kier alpha value is -3.76. The van der Waals surface area contributed by atoms with Gasteiger partial charge < -0.3 is 25.8 Å². The molecule has 11 heteroatoms. The number of carbonyl (C=O) groups is 2. The zero-order chi connectivity index (χ0) is 24.7. The molecule has 1 aliphatic rings. The number of H-pyrrole nitrogens is 1. The molecule has 4 rings (SSSR count). The van der Waals surface area contributed by atoms with E-state index < -0.39 is 17.7 Å². The monoisotopic (exact) mass is 485 g/mol. The van der Waals surface area contributed by atoms with Crippen LogP contribution < -0.4 is 16.3 Å². The number of amides is 2. The zero-order valence-corrected chi connectivity index (χ0v) is 19.5. The number of aliphatic hydroxyl groups is 1. The summed E-state index contributed by atoms with van der Waals surface area (Å²) in [5, 5.41) is 26.0. The van der Waals surface area contributed by atoms with Crippen molar-refractivity contribution in [2.24, 2.45) is 7.05 Å². The van der Waals surface area contributed by atoms with Crippen LogP contribution in [0.4, 0.5) is 5.69 Å². The number of fused-ring (bicyclic) bond motifs is 1. The van der Waals surface area contributed by atoms with Crippen LogP contribution in [0.15, 0.2) is 29.2 Å². The summed E-state index contributed by atoms with van der Waals surface area (Å²) in [5.41, 5.74) is 3.52. The SMILES string of the molecule is Cc1[nH]c(C=C2C(=O)Nc3ccc(Cl)cc32)c(C)c1C(=O)NCC(O)Cn1c(O)cn(C)c1=O. The lowest BCUT2D eigenvalue weighted by Crippen LogP contribution is -2.37. The van der Waals surface area contributed by atoms with Crippen molar-refractivity contribution in [3.63, 3.8) is 0 Å². The third-order valence-electron chi connectivity index (χ3n) is 5.77. The fraction of sp³-hybridized carbons (Fsp3) is 0.261. The average molecular weight is 486 g/mol. The number of nitrogens with one attached hydrogen (secondary N) is 3. The number of nitrogens with zero attached hydrogens (tertiary/aromatic N) is 2. The predicted molar refractivity (Wildman–Crippen MR) is 128 cm³/mol. The van der Waals surface area contributed by atoms with Crippen LogP contribution >= 0.6 is 11.6 Å². The minimum absolute atomic E-state index is 0.131. The van der Waals surface area contributed by atoms with E-state index in [1.54, 1.807) is 38.1 Å². The molecule has 1 atom stereocenters. The Bertz CT molecular complexity index is 1400. The van der Waals surface area contributed by atoms with Crippen LogP contribution in [0.2, 0.25) is 5.02 Å². The first-order valence-corrected chi connectivity index (χ1v) is 10.9. The van der Waals surface area contributed by atoms with Crippen LogP contribution in [0, 0.1) is 13.8 Å². The van der Waals surface area contributed by atoms with Crippen LogP contribution in [0.5, 0.6) is 5.88 Å². The van der Waals surface area contributed by atoms with Crippen LogP contribution in [-0.2, 0) is 18.4 Å². The maximum absolute atomic E-state index is 12.9. The van der Waals surface area contributed by atoms with E-state index >= 15 is 0 Å². The number of hydrogen-bond acceptors (Lipinski definition) is 5. The van der Waals surface area contributed by atoms with E-state index in [9.17, 15) is 24.6 Å². The number of halogens is 1. The van der Waals surface area contributed by atoms with Crippen LogP contribution in [-0.4, -0.2) is 48.8 Å². The number of benzene rings is 1. The quantitative estimate of drug-likeness (QED) is 0.338. The van der Waals surface area contributed by atoms with Gasteiger partial charge in [0.1, 0.15) is 0 Å². The fourth-order valence-corrected chi connectivity index (χ4v) is 4.21. The lowest BCUT2D eigenvalue weighted by Gasteiger charge is -2.13. The zero-order valence-electron chi connectivity index (χ0n) is 18.8. The van der Waals surface area contributed by atoms with Crippen molar-refractivity contribution in [1.29, 1.82) is 0 Å². The normalized spacial score (nSPS) is 14.9. The summed E-state index contributed by atoms with van der Waals surface area (Å²) in [6.07, 6.45) is 1.82. The minimum Gasteiger partial charge on any atom is -0.493 e. The van der Waals surface area contributed by atoms with Crippen LogP contribution in [0.1, 0.15) is 32.9 Å². The minimum atomic E-state index is -1.10. The number of aromatic nitrogens is 3. The summed E-state index contributed by atoms with van der Waals surface area (Å²) < 4.78 is 2.21. The molecule has 0 aliphatic carbocycles. The molecule has 34 heavy (non-hydrogen) atoms. The van der Waals surface area contributed by atoms with E-state index in [1.807, 2.05) is 0 Å². The molecule has 0 spiro atoms. The summed E-state index contributed by atoms with van der Waals surface area (Å²) in [6, 6.07) is 5.13. The van der Waals surface area contributed by atoms with Crippen molar-refractivity contribution in [1.82, 2.24) is 19.4 Å². The third kappa shape index (κ3) is 4.25. The van der Waals surface area contributed by atoms with Gasteiger partial charge in [0.15, 0.2) is 0 Å². The van der Waals surface area contributed by atoms with E-state index in [0.29, 0.717) is 44.4 Å². The summed E-state index contributed by atoms with van der Waals surface area (Å²) in [7, 11) is 1.49. The van der Waals surface area contributed by atoms with Crippen molar-refractivity contribution in [2.45, 2.75) is 26.5 Å². The van der Waals surface area contributed by atoms with E-state index in [4.69, 9.17) is 11.6 Å². The highest BCUT2D eigenvalue weighted by Gasteiger charge is 2.26. The standard InChI is InChI=1S/C23H24ClN5O5/c1-11-18(7-16-15-6-13(24)4-5-17(15)27-21(16)32)26-12(2)20(11)22(33)25-8-14(30)9-29-19(31)10-28(3)23(29)34/h4-7,10,14,26,30-31H,8-9H2,1-3H3,(H,25,33)(H,27,32).